The van der Waals surface area contributed by atoms with Crippen LogP contribution in [0.2, 0.25) is 0 Å². The number of aliphatic hydroxyl groups is 1. The molecule has 0 aromatic heterocycles. The highest BCUT2D eigenvalue weighted by molar-refractivity contribution is 5.41. The van der Waals surface area contributed by atoms with Crippen molar-refractivity contribution in [3.63, 3.8) is 0 Å². The molecule has 16 heavy (non-hydrogen) atoms. The van der Waals surface area contributed by atoms with Crippen LogP contribution >= 0.6 is 0 Å². The predicted molar refractivity (Wildman–Crippen MR) is 67.7 cm³/mol. The van der Waals surface area contributed by atoms with Crippen LogP contribution in [0.5, 0.6) is 0 Å². The van der Waals surface area contributed by atoms with Crippen LogP contribution < -0.4 is 0 Å². The first-order chi connectivity index (χ1) is 7.39. The molecule has 1 aromatic rings. The zero-order chi connectivity index (χ0) is 11.9. The molecular formula is C15H22O. The third-order valence-electron chi connectivity index (χ3n) is 4.18. The molecule has 0 amide bonds. The molecule has 1 atom stereocenters. The summed E-state index contributed by atoms with van der Waals surface area (Å²) in [6, 6.07) is 4.48. The van der Waals surface area contributed by atoms with Gasteiger partial charge in [-0.3, -0.25) is 0 Å². The lowest BCUT2D eigenvalue weighted by Crippen LogP contribution is -2.35. The maximum atomic E-state index is 10.1. The summed E-state index contributed by atoms with van der Waals surface area (Å²) in [4.78, 5) is 0. The van der Waals surface area contributed by atoms with Crippen molar-refractivity contribution in [3.8, 4) is 0 Å². The molecule has 1 aliphatic rings. The van der Waals surface area contributed by atoms with Gasteiger partial charge in [-0.15, -0.1) is 0 Å². The molecule has 0 bridgehead atoms. The molecule has 0 saturated carbocycles. The van der Waals surface area contributed by atoms with Crippen LogP contribution in [0.3, 0.4) is 0 Å². The first-order valence-corrected chi connectivity index (χ1v) is 6.20. The van der Waals surface area contributed by atoms with Crippen LogP contribution in [-0.4, -0.2) is 10.7 Å². The molecule has 1 nitrogen and oxygen atoms in total. The summed E-state index contributed by atoms with van der Waals surface area (Å²) in [5.41, 5.74) is 5.22. The minimum atomic E-state index is -0.548. The van der Waals surface area contributed by atoms with Crippen LogP contribution in [0.15, 0.2) is 12.1 Å². The third-order valence-corrected chi connectivity index (χ3v) is 4.18. The van der Waals surface area contributed by atoms with Crippen LogP contribution in [0, 0.1) is 19.8 Å². The molecule has 0 heterocycles. The van der Waals surface area contributed by atoms with E-state index in [1.807, 2.05) is 13.8 Å². The topological polar surface area (TPSA) is 20.2 Å². The Balaban J connectivity index is 2.36. The standard InChI is InChI=1S/C15H22O/c1-10-5-6-12-7-8-13(15(3,4)16)9-14(12)11(10)2/h5-6,13,16H,7-9H2,1-4H3/t13-/m1/s1. The Kier molecular flexibility index (Phi) is 2.83. The number of aryl methyl sites for hydroxylation is 2. The van der Waals surface area contributed by atoms with Gasteiger partial charge >= 0.3 is 0 Å². The monoisotopic (exact) mass is 218 g/mol. The van der Waals surface area contributed by atoms with Gasteiger partial charge in [-0.05, 0) is 75.1 Å². The highest BCUT2D eigenvalue weighted by atomic mass is 16.3. The van der Waals surface area contributed by atoms with Gasteiger partial charge in [0.25, 0.3) is 0 Å². The molecule has 2 rings (SSSR count). The predicted octanol–water partition coefficient (Wildman–Crippen LogP) is 3.18. The van der Waals surface area contributed by atoms with Crippen molar-refractivity contribution in [2.24, 2.45) is 5.92 Å². The van der Waals surface area contributed by atoms with Crippen LogP contribution in [-0.2, 0) is 12.8 Å². The molecular weight excluding hydrogens is 196 g/mol. The highest BCUT2D eigenvalue weighted by Crippen LogP contribution is 2.34. The minimum absolute atomic E-state index is 0.403. The van der Waals surface area contributed by atoms with E-state index in [4.69, 9.17) is 0 Å². The number of fused-ring (bicyclic) bond motifs is 1. The van der Waals surface area contributed by atoms with E-state index in [9.17, 15) is 5.11 Å². The second-order valence-electron chi connectivity index (χ2n) is 5.74. The smallest absolute Gasteiger partial charge is 0.0623 e. The van der Waals surface area contributed by atoms with Gasteiger partial charge in [-0.25, -0.2) is 0 Å². The fraction of sp³-hybridized carbons (Fsp3) is 0.600. The quantitative estimate of drug-likeness (QED) is 0.767. The number of benzene rings is 1. The molecule has 1 aromatic carbocycles. The summed E-state index contributed by atoms with van der Waals surface area (Å²) in [5.74, 6) is 0.403. The van der Waals surface area contributed by atoms with E-state index < -0.39 is 5.60 Å². The zero-order valence-corrected chi connectivity index (χ0v) is 10.8. The second-order valence-corrected chi connectivity index (χ2v) is 5.74. The zero-order valence-electron chi connectivity index (χ0n) is 10.8. The van der Waals surface area contributed by atoms with E-state index in [0.29, 0.717) is 5.92 Å². The number of hydrogen-bond acceptors (Lipinski definition) is 1. The fourth-order valence-electron chi connectivity index (χ4n) is 2.73. The normalized spacial score (nSPS) is 20.7. The molecule has 0 spiro atoms. The van der Waals surface area contributed by atoms with Crippen LogP contribution in [0.1, 0.15) is 42.5 Å². The Morgan fingerprint density at radius 1 is 1.25 bits per heavy atom. The van der Waals surface area contributed by atoms with E-state index in [0.717, 1.165) is 19.3 Å². The van der Waals surface area contributed by atoms with Gasteiger partial charge in [0, 0.05) is 0 Å². The lowest BCUT2D eigenvalue weighted by Gasteiger charge is -2.34. The maximum absolute atomic E-state index is 10.1. The molecule has 0 aliphatic heterocycles. The second kappa shape index (κ2) is 3.89. The van der Waals surface area contributed by atoms with Gasteiger partial charge in [0.15, 0.2) is 0 Å². The Labute approximate surface area is 98.5 Å². The molecule has 1 aliphatic carbocycles. The number of rotatable bonds is 1. The summed E-state index contributed by atoms with van der Waals surface area (Å²) in [5, 5.41) is 10.1. The summed E-state index contributed by atoms with van der Waals surface area (Å²) in [6.45, 7) is 8.26. The summed E-state index contributed by atoms with van der Waals surface area (Å²) < 4.78 is 0. The van der Waals surface area contributed by atoms with Crippen molar-refractivity contribution < 1.29 is 5.11 Å². The van der Waals surface area contributed by atoms with Crippen molar-refractivity contribution >= 4 is 0 Å². The maximum Gasteiger partial charge on any atom is 0.0623 e. The van der Waals surface area contributed by atoms with Gasteiger partial charge in [-0.2, -0.15) is 0 Å². The Hall–Kier alpha value is -0.820. The van der Waals surface area contributed by atoms with E-state index in [1.54, 1.807) is 0 Å². The van der Waals surface area contributed by atoms with Gasteiger partial charge in [0.1, 0.15) is 0 Å². The van der Waals surface area contributed by atoms with Crippen LogP contribution in [0.25, 0.3) is 0 Å². The van der Waals surface area contributed by atoms with E-state index in [2.05, 4.69) is 26.0 Å². The molecule has 0 saturated heterocycles. The molecule has 0 unspecified atom stereocenters. The molecule has 1 heteroatoms. The summed E-state index contributed by atoms with van der Waals surface area (Å²) in [6.07, 6.45) is 3.26. The Morgan fingerprint density at radius 2 is 1.94 bits per heavy atom. The lowest BCUT2D eigenvalue weighted by atomic mass is 9.74. The summed E-state index contributed by atoms with van der Waals surface area (Å²) in [7, 11) is 0. The minimum Gasteiger partial charge on any atom is -0.390 e. The third kappa shape index (κ3) is 2.01. The van der Waals surface area contributed by atoms with Crippen molar-refractivity contribution in [3.05, 3.63) is 34.4 Å². The van der Waals surface area contributed by atoms with Crippen molar-refractivity contribution in [2.75, 3.05) is 0 Å². The van der Waals surface area contributed by atoms with Gasteiger partial charge in [-0.1, -0.05) is 12.1 Å². The van der Waals surface area contributed by atoms with Crippen molar-refractivity contribution in [1.82, 2.24) is 0 Å². The van der Waals surface area contributed by atoms with E-state index in [-0.39, 0.29) is 0 Å². The molecule has 1 N–H and O–H groups in total. The fourth-order valence-corrected chi connectivity index (χ4v) is 2.73. The van der Waals surface area contributed by atoms with Gasteiger partial charge in [0.2, 0.25) is 0 Å². The average Bonchev–Trinajstić information content (AvgIpc) is 2.22. The first-order valence-electron chi connectivity index (χ1n) is 6.20. The van der Waals surface area contributed by atoms with Crippen molar-refractivity contribution in [1.29, 1.82) is 0 Å². The summed E-state index contributed by atoms with van der Waals surface area (Å²) >= 11 is 0. The number of hydrogen-bond donors (Lipinski definition) is 1. The molecule has 0 fully saturated rings. The SMILES string of the molecule is Cc1ccc2c(c1C)C[C@H](C(C)(C)O)CC2. The average molecular weight is 218 g/mol. The Bertz CT molecular complexity index is 399. The van der Waals surface area contributed by atoms with E-state index in [1.165, 1.54) is 22.3 Å². The highest BCUT2D eigenvalue weighted by Gasteiger charge is 2.31. The molecule has 0 radical (unpaired) electrons. The van der Waals surface area contributed by atoms with Crippen molar-refractivity contribution in [2.45, 2.75) is 52.6 Å². The van der Waals surface area contributed by atoms with Gasteiger partial charge in [0.05, 0.1) is 5.60 Å². The van der Waals surface area contributed by atoms with Gasteiger partial charge < -0.3 is 5.11 Å². The van der Waals surface area contributed by atoms with Crippen LogP contribution in [0.4, 0.5) is 0 Å². The first kappa shape index (κ1) is 11.7. The van der Waals surface area contributed by atoms with E-state index >= 15 is 0 Å². The largest absolute Gasteiger partial charge is 0.390 e. The Morgan fingerprint density at radius 3 is 2.56 bits per heavy atom. The molecule has 88 valence electrons. The lowest BCUT2D eigenvalue weighted by molar-refractivity contribution is 0.0110.